The van der Waals surface area contributed by atoms with Crippen LogP contribution in [-0.4, -0.2) is 36.0 Å². The Hall–Kier alpha value is -2.51. The molecule has 0 fully saturated rings. The Labute approximate surface area is 160 Å². The highest BCUT2D eigenvalue weighted by molar-refractivity contribution is 7.99. The van der Waals surface area contributed by atoms with Crippen LogP contribution in [0, 0.1) is 0 Å². The molecule has 0 aliphatic heterocycles. The summed E-state index contributed by atoms with van der Waals surface area (Å²) in [7, 11) is 3.28. The minimum Gasteiger partial charge on any atom is -0.496 e. The second-order valence-corrected chi connectivity index (χ2v) is 6.66. The number of methoxy groups -OCH3 is 1. The van der Waals surface area contributed by atoms with E-state index in [0.29, 0.717) is 21.6 Å². The third kappa shape index (κ3) is 4.17. The number of hydrogen-bond acceptors (Lipinski definition) is 6. The molecule has 1 aromatic heterocycles. The fraction of sp³-hybridized carbons (Fsp3) is 0.167. The van der Waals surface area contributed by atoms with Crippen LogP contribution in [0.4, 0.5) is 5.69 Å². The van der Waals surface area contributed by atoms with Gasteiger partial charge in [-0.25, -0.2) is 0 Å². The summed E-state index contributed by atoms with van der Waals surface area (Å²) in [5, 5.41) is 8.83. The van der Waals surface area contributed by atoms with E-state index in [4.69, 9.17) is 20.8 Å². The molecule has 3 rings (SSSR count). The number of rotatable bonds is 6. The molecule has 6 nitrogen and oxygen atoms in total. The van der Waals surface area contributed by atoms with Gasteiger partial charge in [-0.05, 0) is 30.3 Å². The summed E-state index contributed by atoms with van der Waals surface area (Å²) >= 11 is 7.20. The van der Waals surface area contributed by atoms with Crippen molar-refractivity contribution in [1.82, 2.24) is 10.2 Å². The van der Waals surface area contributed by atoms with Crippen LogP contribution in [0.5, 0.6) is 5.75 Å². The van der Waals surface area contributed by atoms with Gasteiger partial charge in [0.15, 0.2) is 0 Å². The molecule has 0 N–H and O–H groups in total. The van der Waals surface area contributed by atoms with Crippen LogP contribution in [0.2, 0.25) is 5.02 Å². The van der Waals surface area contributed by atoms with Crippen molar-refractivity contribution < 1.29 is 13.9 Å². The zero-order valence-electron chi connectivity index (χ0n) is 14.2. The average Bonchev–Trinajstić information content (AvgIpc) is 3.15. The highest BCUT2D eigenvalue weighted by Crippen LogP contribution is 2.33. The van der Waals surface area contributed by atoms with Crippen molar-refractivity contribution in [2.45, 2.75) is 5.22 Å². The van der Waals surface area contributed by atoms with Crippen LogP contribution in [0.15, 0.2) is 58.2 Å². The maximum absolute atomic E-state index is 12.3. The monoisotopic (exact) mass is 389 g/mol. The minimum absolute atomic E-state index is 0.0683. The van der Waals surface area contributed by atoms with Crippen molar-refractivity contribution in [3.63, 3.8) is 0 Å². The number of hydrogen-bond donors (Lipinski definition) is 0. The number of carbonyl (C=O) groups is 1. The molecule has 0 aliphatic carbocycles. The molecule has 8 heteroatoms. The summed E-state index contributed by atoms with van der Waals surface area (Å²) in [5.41, 5.74) is 1.43. The van der Waals surface area contributed by atoms with Gasteiger partial charge in [-0.2, -0.15) is 0 Å². The Morgan fingerprint density at radius 2 is 2.00 bits per heavy atom. The quantitative estimate of drug-likeness (QED) is 0.590. The highest BCUT2D eigenvalue weighted by Gasteiger charge is 2.17. The van der Waals surface area contributed by atoms with Crippen LogP contribution in [0.1, 0.15) is 0 Å². The number of anilines is 1. The van der Waals surface area contributed by atoms with Gasteiger partial charge in [-0.15, -0.1) is 10.2 Å². The highest BCUT2D eigenvalue weighted by atomic mass is 35.5. The van der Waals surface area contributed by atoms with Crippen LogP contribution in [0.3, 0.4) is 0 Å². The van der Waals surface area contributed by atoms with Gasteiger partial charge in [0.2, 0.25) is 5.91 Å². The zero-order valence-corrected chi connectivity index (χ0v) is 15.8. The summed E-state index contributed by atoms with van der Waals surface area (Å²) < 4.78 is 10.9. The SMILES string of the molecule is COc1ccc(Cl)cc1-c1nnc(SCC(=O)N(C)c2ccccc2)o1. The van der Waals surface area contributed by atoms with Crippen molar-refractivity contribution >= 4 is 35.0 Å². The average molecular weight is 390 g/mol. The molecule has 2 aromatic carbocycles. The molecule has 134 valence electrons. The Morgan fingerprint density at radius 3 is 2.73 bits per heavy atom. The van der Waals surface area contributed by atoms with Crippen LogP contribution < -0.4 is 9.64 Å². The molecular weight excluding hydrogens is 374 g/mol. The first-order chi connectivity index (χ1) is 12.6. The van der Waals surface area contributed by atoms with Crippen molar-refractivity contribution in [1.29, 1.82) is 0 Å². The van der Waals surface area contributed by atoms with Gasteiger partial charge >= 0.3 is 0 Å². The van der Waals surface area contributed by atoms with Gasteiger partial charge in [0.25, 0.3) is 11.1 Å². The predicted molar refractivity (Wildman–Crippen MR) is 102 cm³/mol. The second kappa shape index (κ2) is 8.25. The standard InChI is InChI=1S/C18H16ClN3O3S/c1-22(13-6-4-3-5-7-13)16(23)11-26-18-21-20-17(25-18)14-10-12(19)8-9-15(14)24-2/h3-10H,11H2,1-2H3. The number of ether oxygens (including phenoxy) is 1. The fourth-order valence-corrected chi connectivity index (χ4v) is 3.09. The molecule has 0 spiro atoms. The van der Waals surface area contributed by atoms with Crippen molar-refractivity contribution in [3.05, 3.63) is 53.6 Å². The minimum atomic E-state index is -0.0683. The van der Waals surface area contributed by atoms with Gasteiger partial charge in [0, 0.05) is 17.8 Å². The first kappa shape index (κ1) is 18.3. The number of thioether (sulfide) groups is 1. The second-order valence-electron chi connectivity index (χ2n) is 5.29. The first-order valence-electron chi connectivity index (χ1n) is 7.70. The third-order valence-electron chi connectivity index (χ3n) is 3.64. The Bertz CT molecular complexity index is 902. The maximum Gasteiger partial charge on any atom is 0.277 e. The van der Waals surface area contributed by atoms with Gasteiger partial charge in [0.1, 0.15) is 5.75 Å². The molecule has 0 radical (unpaired) electrons. The number of benzene rings is 2. The fourth-order valence-electron chi connectivity index (χ4n) is 2.24. The topological polar surface area (TPSA) is 68.5 Å². The maximum atomic E-state index is 12.3. The van der Waals surface area contributed by atoms with E-state index in [-0.39, 0.29) is 17.6 Å². The Morgan fingerprint density at radius 1 is 1.23 bits per heavy atom. The van der Waals surface area contributed by atoms with Crippen LogP contribution in [-0.2, 0) is 4.79 Å². The van der Waals surface area contributed by atoms with Crippen molar-refractivity contribution in [2.75, 3.05) is 24.8 Å². The normalized spacial score (nSPS) is 10.6. The molecule has 26 heavy (non-hydrogen) atoms. The van der Waals surface area contributed by atoms with Crippen molar-refractivity contribution in [2.24, 2.45) is 0 Å². The molecule has 1 amide bonds. The number of halogens is 1. The van der Waals surface area contributed by atoms with E-state index < -0.39 is 0 Å². The number of amides is 1. The summed E-state index contributed by atoms with van der Waals surface area (Å²) in [4.78, 5) is 13.9. The van der Waals surface area contributed by atoms with Gasteiger partial charge in [-0.3, -0.25) is 4.79 Å². The van der Waals surface area contributed by atoms with Crippen LogP contribution in [0.25, 0.3) is 11.5 Å². The molecule has 0 saturated heterocycles. The largest absolute Gasteiger partial charge is 0.496 e. The van der Waals surface area contributed by atoms with Gasteiger partial charge in [0.05, 0.1) is 18.4 Å². The smallest absolute Gasteiger partial charge is 0.277 e. The molecule has 0 atom stereocenters. The van der Waals surface area contributed by atoms with E-state index in [1.54, 1.807) is 37.3 Å². The molecule has 0 saturated carbocycles. The van der Waals surface area contributed by atoms with Crippen molar-refractivity contribution in [3.8, 4) is 17.2 Å². The lowest BCUT2D eigenvalue weighted by Gasteiger charge is -2.16. The van der Waals surface area contributed by atoms with Gasteiger partial charge < -0.3 is 14.1 Å². The molecule has 0 unspecified atom stereocenters. The molecule has 0 bridgehead atoms. The number of nitrogens with zero attached hydrogens (tertiary/aromatic N) is 3. The lowest BCUT2D eigenvalue weighted by Crippen LogP contribution is -2.27. The molecular formula is C18H16ClN3O3S. The van der Waals surface area contributed by atoms with E-state index in [9.17, 15) is 4.79 Å². The zero-order chi connectivity index (χ0) is 18.5. The third-order valence-corrected chi connectivity index (χ3v) is 4.67. The lowest BCUT2D eigenvalue weighted by molar-refractivity contribution is -0.115. The Balaban J connectivity index is 1.68. The summed E-state index contributed by atoms with van der Waals surface area (Å²) in [6.07, 6.45) is 0. The van der Waals surface area contributed by atoms with E-state index in [1.807, 2.05) is 30.3 Å². The van der Waals surface area contributed by atoms with E-state index in [0.717, 1.165) is 5.69 Å². The number of para-hydroxylation sites is 1. The predicted octanol–water partition coefficient (Wildman–Crippen LogP) is 4.15. The van der Waals surface area contributed by atoms with Crippen LogP contribution >= 0.6 is 23.4 Å². The lowest BCUT2D eigenvalue weighted by atomic mass is 10.2. The van der Waals surface area contributed by atoms with Gasteiger partial charge in [-0.1, -0.05) is 41.6 Å². The molecule has 0 aliphatic rings. The first-order valence-corrected chi connectivity index (χ1v) is 9.06. The number of aromatic nitrogens is 2. The molecule has 1 heterocycles. The van der Waals surface area contributed by atoms with E-state index in [1.165, 1.54) is 11.8 Å². The molecule has 3 aromatic rings. The summed E-state index contributed by atoms with van der Waals surface area (Å²) in [6, 6.07) is 14.6. The summed E-state index contributed by atoms with van der Waals surface area (Å²) in [6.45, 7) is 0. The van der Waals surface area contributed by atoms with E-state index >= 15 is 0 Å². The summed E-state index contributed by atoms with van der Waals surface area (Å²) in [5.74, 6) is 0.978. The number of carbonyl (C=O) groups excluding carboxylic acids is 1. The van der Waals surface area contributed by atoms with E-state index in [2.05, 4.69) is 10.2 Å². The Kier molecular flexibility index (Phi) is 5.80.